The number of anilines is 2. The van der Waals surface area contributed by atoms with Crippen LogP contribution in [0, 0.1) is 34.6 Å². The van der Waals surface area contributed by atoms with Gasteiger partial charge in [-0.05, 0) is 70.7 Å². The number of para-hydroxylation sites is 1. The monoisotopic (exact) mass is 427 g/mol. The lowest BCUT2D eigenvalue weighted by atomic mass is 10.1. The highest BCUT2D eigenvalue weighted by atomic mass is 31.2. The van der Waals surface area contributed by atoms with Crippen molar-refractivity contribution >= 4 is 30.5 Å². The van der Waals surface area contributed by atoms with Gasteiger partial charge in [-0.1, -0.05) is 35.9 Å². The molecule has 2 rings (SSSR count). The maximum Gasteiger partial charge on any atom is 0.261 e. The molecule has 0 saturated carbocycles. The quantitative estimate of drug-likeness (QED) is 0.518. The van der Waals surface area contributed by atoms with Gasteiger partial charge in [0.15, 0.2) is 0 Å². The molecule has 2 N–H and O–H groups in total. The fourth-order valence-corrected chi connectivity index (χ4v) is 6.91. The van der Waals surface area contributed by atoms with Crippen molar-refractivity contribution in [3.8, 4) is 0 Å². The van der Waals surface area contributed by atoms with E-state index in [0.717, 1.165) is 46.0 Å². The molecule has 0 aliphatic rings. The number of benzene rings is 2. The first-order valence-corrected chi connectivity index (χ1v) is 13.2. The molecule has 30 heavy (non-hydrogen) atoms. The normalized spacial score (nSPS) is 11.3. The van der Waals surface area contributed by atoms with Crippen molar-refractivity contribution in [2.75, 3.05) is 35.3 Å². The summed E-state index contributed by atoms with van der Waals surface area (Å²) in [6, 6.07) is 10.2. The van der Waals surface area contributed by atoms with Crippen LogP contribution in [-0.4, -0.2) is 36.5 Å². The summed E-state index contributed by atoms with van der Waals surface area (Å²) >= 11 is 0. The van der Waals surface area contributed by atoms with Crippen LogP contribution < -0.4 is 10.6 Å². The third-order valence-corrected chi connectivity index (χ3v) is 10.6. The Morgan fingerprint density at radius 2 is 1.13 bits per heavy atom. The first-order valence-electron chi connectivity index (χ1n) is 10.7. The molecule has 2 aromatic carbocycles. The maximum atomic E-state index is 13.0. The summed E-state index contributed by atoms with van der Waals surface area (Å²) < 4.78 is 0. The number of aryl methyl sites for hydroxylation is 5. The predicted molar refractivity (Wildman–Crippen MR) is 132 cm³/mol. The third kappa shape index (κ3) is 5.92. The van der Waals surface area contributed by atoms with Crippen LogP contribution >= 0.6 is 7.26 Å². The molecule has 0 fully saturated rings. The predicted octanol–water partition coefficient (Wildman–Crippen LogP) is 5.86. The summed E-state index contributed by atoms with van der Waals surface area (Å²) in [6.07, 6.45) is 2.63. The molecule has 0 atom stereocenters. The van der Waals surface area contributed by atoms with Crippen molar-refractivity contribution in [3.63, 3.8) is 0 Å². The van der Waals surface area contributed by atoms with Gasteiger partial charge in [-0.25, -0.2) is 0 Å². The Bertz CT molecular complexity index is 889. The molecule has 0 saturated heterocycles. The molecular formula is C25H36N2O2P+. The van der Waals surface area contributed by atoms with E-state index in [1.807, 2.05) is 45.9 Å². The molecule has 2 amide bonds. The number of amides is 2. The van der Waals surface area contributed by atoms with E-state index in [9.17, 15) is 9.59 Å². The van der Waals surface area contributed by atoms with Gasteiger partial charge in [-0.3, -0.25) is 9.59 Å². The zero-order chi connectivity index (χ0) is 22.5. The van der Waals surface area contributed by atoms with E-state index in [2.05, 4.69) is 43.5 Å². The highest BCUT2D eigenvalue weighted by Crippen LogP contribution is 2.57. The molecule has 0 aliphatic carbocycles. The van der Waals surface area contributed by atoms with Crippen LogP contribution in [0.1, 0.15) is 41.7 Å². The molecule has 0 bridgehead atoms. The third-order valence-electron chi connectivity index (χ3n) is 5.99. The molecule has 0 unspecified atom stereocenters. The van der Waals surface area contributed by atoms with E-state index in [-0.39, 0.29) is 11.8 Å². The molecule has 0 heterocycles. The summed E-state index contributed by atoms with van der Waals surface area (Å²) in [5.74, 6) is 0.0295. The summed E-state index contributed by atoms with van der Waals surface area (Å²) in [5.41, 5.74) is 7.25. The summed E-state index contributed by atoms with van der Waals surface area (Å²) in [7, 11) is -1.74. The molecule has 0 spiro atoms. The molecule has 0 aliphatic heterocycles. The van der Waals surface area contributed by atoms with Crippen molar-refractivity contribution in [2.24, 2.45) is 0 Å². The minimum Gasteiger partial charge on any atom is -0.322 e. The second kappa shape index (κ2) is 10.2. The summed E-state index contributed by atoms with van der Waals surface area (Å²) in [6.45, 7) is 14.3. The van der Waals surface area contributed by atoms with Crippen molar-refractivity contribution in [2.45, 2.75) is 48.5 Å². The Morgan fingerprint density at radius 3 is 1.53 bits per heavy atom. The molecule has 0 aromatic heterocycles. The summed E-state index contributed by atoms with van der Waals surface area (Å²) in [4.78, 5) is 25.9. The Labute approximate surface area is 182 Å². The second-order valence-electron chi connectivity index (χ2n) is 8.43. The Balaban J connectivity index is 2.13. The fourth-order valence-electron chi connectivity index (χ4n) is 4.08. The van der Waals surface area contributed by atoms with Crippen LogP contribution in [0.25, 0.3) is 0 Å². The van der Waals surface area contributed by atoms with Gasteiger partial charge in [0.05, 0.1) is 12.3 Å². The van der Waals surface area contributed by atoms with Gasteiger partial charge in [-0.15, -0.1) is 0 Å². The van der Waals surface area contributed by atoms with Crippen molar-refractivity contribution in [3.05, 3.63) is 58.1 Å². The zero-order valence-corrected chi connectivity index (χ0v) is 20.4. The van der Waals surface area contributed by atoms with Crippen molar-refractivity contribution in [1.29, 1.82) is 0 Å². The van der Waals surface area contributed by atoms with Gasteiger partial charge in [0.1, 0.15) is 12.3 Å². The van der Waals surface area contributed by atoms with Gasteiger partial charge >= 0.3 is 0 Å². The lowest BCUT2D eigenvalue weighted by molar-refractivity contribution is -0.114. The number of hydrogen-bond acceptors (Lipinski definition) is 2. The number of hydrogen-bond donors (Lipinski definition) is 2. The molecule has 4 nitrogen and oxygen atoms in total. The van der Waals surface area contributed by atoms with Crippen LogP contribution in [0.15, 0.2) is 30.3 Å². The Kier molecular flexibility index (Phi) is 8.20. The number of rotatable bonds is 8. The second-order valence-corrected chi connectivity index (χ2v) is 13.0. The van der Waals surface area contributed by atoms with Crippen LogP contribution in [0.5, 0.6) is 0 Å². The first-order chi connectivity index (χ1) is 14.1. The number of carbonyl (C=O) groups is 2. The van der Waals surface area contributed by atoms with Crippen LogP contribution in [-0.2, 0) is 9.59 Å². The molecule has 0 radical (unpaired) electrons. The van der Waals surface area contributed by atoms with Crippen molar-refractivity contribution < 1.29 is 9.59 Å². The van der Waals surface area contributed by atoms with E-state index in [1.54, 1.807) is 0 Å². The number of carbonyl (C=O) groups excluding carboxylic acids is 2. The van der Waals surface area contributed by atoms with E-state index in [0.29, 0.717) is 12.3 Å². The van der Waals surface area contributed by atoms with Crippen LogP contribution in [0.4, 0.5) is 11.4 Å². The fraction of sp³-hybridized carbons (Fsp3) is 0.440. The highest BCUT2D eigenvalue weighted by Gasteiger charge is 2.39. The molecular weight excluding hydrogens is 391 g/mol. The lowest BCUT2D eigenvalue weighted by Gasteiger charge is -2.25. The van der Waals surface area contributed by atoms with E-state index in [1.165, 1.54) is 5.56 Å². The maximum absolute atomic E-state index is 13.0. The van der Waals surface area contributed by atoms with Gasteiger partial charge in [-0.2, -0.15) is 0 Å². The minimum absolute atomic E-state index is 0.0138. The Hall–Kier alpha value is -2.19. The van der Waals surface area contributed by atoms with Gasteiger partial charge < -0.3 is 10.6 Å². The molecule has 5 heteroatoms. The minimum atomic E-state index is -1.74. The topological polar surface area (TPSA) is 58.2 Å². The van der Waals surface area contributed by atoms with Gasteiger partial charge in [0.2, 0.25) is 0 Å². The van der Waals surface area contributed by atoms with E-state index >= 15 is 0 Å². The summed E-state index contributed by atoms with van der Waals surface area (Å²) in [5, 5.41) is 6.23. The van der Waals surface area contributed by atoms with Crippen molar-refractivity contribution in [1.82, 2.24) is 0 Å². The standard InChI is InChI=1S/C25H35N2O2P/c1-8-30(9-2,15-22(28)26-24-18(4)11-10-12-19(24)5)16-23(29)27-25-20(6)13-17(3)14-21(25)7/h10-14H,8-9,15-16H2,1-7H3,(H-,26,27,28,29)/p+1. The highest BCUT2D eigenvalue weighted by molar-refractivity contribution is 7.77. The number of nitrogens with one attached hydrogen (secondary N) is 2. The smallest absolute Gasteiger partial charge is 0.261 e. The van der Waals surface area contributed by atoms with E-state index < -0.39 is 7.26 Å². The van der Waals surface area contributed by atoms with Gasteiger partial charge in [0.25, 0.3) is 11.8 Å². The lowest BCUT2D eigenvalue weighted by Crippen LogP contribution is -2.28. The average molecular weight is 428 g/mol. The molecule has 2 aromatic rings. The Morgan fingerprint density at radius 1 is 0.733 bits per heavy atom. The van der Waals surface area contributed by atoms with Crippen LogP contribution in [0.2, 0.25) is 0 Å². The van der Waals surface area contributed by atoms with E-state index in [4.69, 9.17) is 0 Å². The average Bonchev–Trinajstić information content (AvgIpc) is 2.67. The SMILES string of the molecule is CC[P+](CC)(CC(=O)Nc1c(C)cccc1C)CC(=O)Nc1c(C)cc(C)cc1C. The van der Waals surface area contributed by atoms with Crippen LogP contribution in [0.3, 0.4) is 0 Å². The molecule has 162 valence electrons. The van der Waals surface area contributed by atoms with Gasteiger partial charge in [0, 0.05) is 18.6 Å². The largest absolute Gasteiger partial charge is 0.322 e. The zero-order valence-electron chi connectivity index (χ0n) is 19.5. The first kappa shape index (κ1) is 24.1.